The molecule has 0 fully saturated rings. The summed E-state index contributed by atoms with van der Waals surface area (Å²) in [7, 11) is 0. The summed E-state index contributed by atoms with van der Waals surface area (Å²) >= 11 is 0. The second-order valence-corrected chi connectivity index (χ2v) is 4.07. The van der Waals surface area contributed by atoms with Crippen molar-refractivity contribution in [1.29, 1.82) is 0 Å². The van der Waals surface area contributed by atoms with E-state index in [-0.39, 0.29) is 6.42 Å². The first-order valence-corrected chi connectivity index (χ1v) is 5.68. The van der Waals surface area contributed by atoms with E-state index >= 15 is 0 Å². The predicted molar refractivity (Wildman–Crippen MR) is 62.0 cm³/mol. The molecule has 1 aromatic carbocycles. The Balaban J connectivity index is 3.04. The molecule has 5 nitrogen and oxygen atoms in total. The number of carboxylic acids is 1. The third kappa shape index (κ3) is 4.42. The van der Waals surface area contributed by atoms with Crippen LogP contribution in [0.1, 0.15) is 22.3 Å². The molecule has 0 bridgehead atoms. The quantitative estimate of drug-likeness (QED) is 0.718. The summed E-state index contributed by atoms with van der Waals surface area (Å²) in [6, 6.07) is -0.298. The number of aliphatic hydroxyl groups excluding tert-OH is 1. The van der Waals surface area contributed by atoms with Crippen LogP contribution in [-0.4, -0.2) is 34.7 Å². The number of carbonyl (C=O) groups excluding carboxylic acids is 1. The summed E-state index contributed by atoms with van der Waals surface area (Å²) in [5.41, 5.74) is -2.16. The van der Waals surface area contributed by atoms with Gasteiger partial charge in [-0.25, -0.2) is 9.18 Å². The van der Waals surface area contributed by atoms with Crippen LogP contribution in [0.2, 0.25) is 0 Å². The van der Waals surface area contributed by atoms with E-state index in [4.69, 9.17) is 10.2 Å². The number of aliphatic hydroxyl groups is 1. The highest BCUT2D eigenvalue weighted by Gasteiger charge is 2.32. The number of aliphatic carboxylic acids is 1. The van der Waals surface area contributed by atoms with Gasteiger partial charge in [-0.2, -0.15) is 13.2 Å². The van der Waals surface area contributed by atoms with Crippen LogP contribution in [0.25, 0.3) is 0 Å². The SMILES string of the molecule is O=C(N[C@H](CCO)C(=O)O)c1cc(C(F)(F)F)ccc1F. The molecule has 0 unspecified atom stereocenters. The van der Waals surface area contributed by atoms with Gasteiger partial charge in [0.2, 0.25) is 0 Å². The molecule has 3 N–H and O–H groups in total. The molecule has 1 rings (SSSR count). The van der Waals surface area contributed by atoms with Crippen molar-refractivity contribution in [2.24, 2.45) is 0 Å². The van der Waals surface area contributed by atoms with E-state index in [0.717, 1.165) is 0 Å². The van der Waals surface area contributed by atoms with E-state index in [1.807, 2.05) is 5.32 Å². The Bertz CT molecular complexity index is 545. The Morgan fingerprint density at radius 2 is 1.90 bits per heavy atom. The van der Waals surface area contributed by atoms with E-state index in [0.29, 0.717) is 18.2 Å². The zero-order valence-electron chi connectivity index (χ0n) is 10.4. The maximum Gasteiger partial charge on any atom is 0.416 e. The standard InChI is InChI=1S/C12H11F4NO4/c13-8-2-1-6(12(14,15)16)5-7(8)10(19)17-9(3-4-18)11(20)21/h1-2,5,9,18H,3-4H2,(H,17,19)(H,20,21)/t9-/m1/s1. The largest absolute Gasteiger partial charge is 0.480 e. The molecule has 0 aromatic heterocycles. The molecule has 0 aliphatic heterocycles. The Morgan fingerprint density at radius 1 is 1.29 bits per heavy atom. The summed E-state index contributed by atoms with van der Waals surface area (Å²) in [6.07, 6.45) is -5.12. The van der Waals surface area contributed by atoms with Crippen LogP contribution in [-0.2, 0) is 11.0 Å². The molecule has 1 atom stereocenters. The van der Waals surface area contributed by atoms with Crippen molar-refractivity contribution in [2.75, 3.05) is 6.61 Å². The number of hydrogen-bond acceptors (Lipinski definition) is 3. The van der Waals surface area contributed by atoms with Crippen LogP contribution in [0, 0.1) is 5.82 Å². The second-order valence-electron chi connectivity index (χ2n) is 4.07. The summed E-state index contributed by atoms with van der Waals surface area (Å²) in [6.45, 7) is -0.567. The van der Waals surface area contributed by atoms with Gasteiger partial charge in [0.1, 0.15) is 11.9 Å². The highest BCUT2D eigenvalue weighted by Crippen LogP contribution is 2.30. The first-order valence-electron chi connectivity index (χ1n) is 5.68. The third-order valence-electron chi connectivity index (χ3n) is 2.56. The molecule has 1 amide bonds. The fourth-order valence-electron chi connectivity index (χ4n) is 1.50. The summed E-state index contributed by atoms with van der Waals surface area (Å²) in [5, 5.41) is 19.2. The van der Waals surface area contributed by atoms with Gasteiger partial charge in [0.25, 0.3) is 5.91 Å². The molecule has 116 valence electrons. The van der Waals surface area contributed by atoms with Gasteiger partial charge < -0.3 is 15.5 Å². The summed E-state index contributed by atoms with van der Waals surface area (Å²) in [5.74, 6) is -4.02. The van der Waals surface area contributed by atoms with E-state index < -0.39 is 47.6 Å². The summed E-state index contributed by atoms with van der Waals surface area (Å²) < 4.78 is 50.9. The van der Waals surface area contributed by atoms with Crippen LogP contribution in [0.5, 0.6) is 0 Å². The second kappa shape index (κ2) is 6.53. The van der Waals surface area contributed by atoms with E-state index in [1.54, 1.807) is 0 Å². The van der Waals surface area contributed by atoms with Crippen molar-refractivity contribution in [3.8, 4) is 0 Å². The molecule has 0 radical (unpaired) electrons. The van der Waals surface area contributed by atoms with Crippen molar-refractivity contribution >= 4 is 11.9 Å². The van der Waals surface area contributed by atoms with Crippen molar-refractivity contribution in [3.63, 3.8) is 0 Å². The molecule has 0 aliphatic carbocycles. The van der Waals surface area contributed by atoms with Gasteiger partial charge in [-0.15, -0.1) is 0 Å². The lowest BCUT2D eigenvalue weighted by Gasteiger charge is -2.14. The van der Waals surface area contributed by atoms with E-state index in [1.165, 1.54) is 0 Å². The Kier molecular flexibility index (Phi) is 5.25. The zero-order valence-corrected chi connectivity index (χ0v) is 10.4. The molecular formula is C12H11F4NO4. The lowest BCUT2D eigenvalue weighted by molar-refractivity contribution is -0.140. The van der Waals surface area contributed by atoms with E-state index in [2.05, 4.69) is 0 Å². The predicted octanol–water partition coefficient (Wildman–Crippen LogP) is 1.41. The van der Waals surface area contributed by atoms with E-state index in [9.17, 15) is 27.2 Å². The van der Waals surface area contributed by atoms with Crippen LogP contribution >= 0.6 is 0 Å². The highest BCUT2D eigenvalue weighted by atomic mass is 19.4. The minimum absolute atomic E-state index is 0.294. The van der Waals surface area contributed by atoms with Gasteiger partial charge in [0.15, 0.2) is 0 Å². The Morgan fingerprint density at radius 3 is 2.38 bits per heavy atom. The molecule has 21 heavy (non-hydrogen) atoms. The van der Waals surface area contributed by atoms with Gasteiger partial charge in [-0.05, 0) is 18.2 Å². The maximum absolute atomic E-state index is 13.4. The average Bonchev–Trinajstić information content (AvgIpc) is 2.36. The molecule has 9 heteroatoms. The Labute approximate surface area is 116 Å². The number of rotatable bonds is 5. The number of halogens is 4. The number of alkyl halides is 3. The normalized spacial score (nSPS) is 12.8. The number of carboxylic acid groups (broad SMARTS) is 1. The van der Waals surface area contributed by atoms with Crippen molar-refractivity contribution < 1.29 is 37.4 Å². The first kappa shape index (κ1) is 16.9. The van der Waals surface area contributed by atoms with Gasteiger partial charge in [0, 0.05) is 13.0 Å². The molecule has 0 saturated carbocycles. The fourth-order valence-corrected chi connectivity index (χ4v) is 1.50. The average molecular weight is 309 g/mol. The fraction of sp³-hybridized carbons (Fsp3) is 0.333. The van der Waals surface area contributed by atoms with Gasteiger partial charge in [0.05, 0.1) is 11.1 Å². The molecule has 0 spiro atoms. The minimum atomic E-state index is -4.76. The van der Waals surface area contributed by atoms with Gasteiger partial charge in [-0.3, -0.25) is 4.79 Å². The Hall–Kier alpha value is -2.16. The lowest BCUT2D eigenvalue weighted by atomic mass is 10.1. The lowest BCUT2D eigenvalue weighted by Crippen LogP contribution is -2.41. The van der Waals surface area contributed by atoms with Gasteiger partial charge >= 0.3 is 12.1 Å². The maximum atomic E-state index is 13.4. The van der Waals surface area contributed by atoms with Crippen LogP contribution in [0.4, 0.5) is 17.6 Å². The highest BCUT2D eigenvalue weighted by molar-refractivity contribution is 5.97. The number of hydrogen-bond donors (Lipinski definition) is 3. The molecule has 1 aromatic rings. The monoisotopic (exact) mass is 309 g/mol. The third-order valence-corrected chi connectivity index (χ3v) is 2.56. The van der Waals surface area contributed by atoms with Crippen LogP contribution in [0.3, 0.4) is 0 Å². The molecule has 0 saturated heterocycles. The minimum Gasteiger partial charge on any atom is -0.480 e. The number of benzene rings is 1. The van der Waals surface area contributed by atoms with Crippen LogP contribution < -0.4 is 5.32 Å². The number of carbonyl (C=O) groups is 2. The smallest absolute Gasteiger partial charge is 0.416 e. The molecule has 0 aliphatic rings. The van der Waals surface area contributed by atoms with Crippen LogP contribution in [0.15, 0.2) is 18.2 Å². The topological polar surface area (TPSA) is 86.6 Å². The van der Waals surface area contributed by atoms with Crippen molar-refractivity contribution in [1.82, 2.24) is 5.32 Å². The molecular weight excluding hydrogens is 298 g/mol. The summed E-state index contributed by atoms with van der Waals surface area (Å²) in [4.78, 5) is 22.4. The first-order chi connectivity index (χ1) is 9.66. The number of nitrogens with one attached hydrogen (secondary N) is 1. The number of amides is 1. The van der Waals surface area contributed by atoms with Crippen molar-refractivity contribution in [2.45, 2.75) is 18.6 Å². The molecule has 0 heterocycles. The van der Waals surface area contributed by atoms with Gasteiger partial charge in [-0.1, -0.05) is 0 Å². The van der Waals surface area contributed by atoms with Crippen molar-refractivity contribution in [3.05, 3.63) is 35.1 Å². The zero-order chi connectivity index (χ0) is 16.2.